The highest BCUT2D eigenvalue weighted by Crippen LogP contribution is 2.17. The highest BCUT2D eigenvalue weighted by Gasteiger charge is 2.05. The Labute approximate surface area is 104 Å². The Balaban J connectivity index is 2.04. The zero-order valence-electron chi connectivity index (χ0n) is 10.6. The van der Waals surface area contributed by atoms with Crippen molar-refractivity contribution in [3.8, 4) is 0 Å². The van der Waals surface area contributed by atoms with Crippen molar-refractivity contribution in [2.24, 2.45) is 5.92 Å². The van der Waals surface area contributed by atoms with Gasteiger partial charge in [-0.15, -0.1) is 0 Å². The molecule has 0 aliphatic rings. The number of benzene rings is 1. The lowest BCUT2D eigenvalue weighted by Gasteiger charge is -2.14. The molecule has 1 aromatic carbocycles. The lowest BCUT2D eigenvalue weighted by molar-refractivity contribution is 0.640. The summed E-state index contributed by atoms with van der Waals surface area (Å²) in [6, 6.07) is 10.6. The predicted octanol–water partition coefficient (Wildman–Crippen LogP) is 3.55. The van der Waals surface area contributed by atoms with E-state index in [0.717, 1.165) is 24.3 Å². The first-order valence-electron chi connectivity index (χ1n) is 6.06. The summed E-state index contributed by atoms with van der Waals surface area (Å²) in [6.07, 6.45) is 0. The number of thioether (sulfide) groups is 1. The largest absolute Gasteiger partial charge is 0.312 e. The number of hydrogen-bond acceptors (Lipinski definition) is 2. The summed E-state index contributed by atoms with van der Waals surface area (Å²) in [5.41, 5.74) is 1.37. The molecule has 0 aromatic heterocycles. The third-order valence-electron chi connectivity index (χ3n) is 2.77. The van der Waals surface area contributed by atoms with Crippen molar-refractivity contribution in [3.63, 3.8) is 0 Å². The van der Waals surface area contributed by atoms with Crippen LogP contribution in [0, 0.1) is 5.92 Å². The zero-order valence-corrected chi connectivity index (χ0v) is 11.4. The average molecular weight is 237 g/mol. The van der Waals surface area contributed by atoms with Crippen LogP contribution >= 0.6 is 11.8 Å². The van der Waals surface area contributed by atoms with Crippen molar-refractivity contribution < 1.29 is 0 Å². The molecule has 0 heterocycles. The van der Waals surface area contributed by atoms with Gasteiger partial charge in [0.25, 0.3) is 0 Å². The van der Waals surface area contributed by atoms with Crippen molar-refractivity contribution in [2.45, 2.75) is 32.6 Å². The minimum absolute atomic E-state index is 0.763. The molecule has 1 N–H and O–H groups in total. The molecule has 0 spiro atoms. The monoisotopic (exact) mass is 237 g/mol. The van der Waals surface area contributed by atoms with Crippen LogP contribution < -0.4 is 5.32 Å². The van der Waals surface area contributed by atoms with E-state index >= 15 is 0 Å². The highest BCUT2D eigenvalue weighted by atomic mass is 32.2. The van der Waals surface area contributed by atoms with Gasteiger partial charge in [-0.1, -0.05) is 51.1 Å². The van der Waals surface area contributed by atoms with E-state index in [4.69, 9.17) is 0 Å². The molecule has 90 valence electrons. The van der Waals surface area contributed by atoms with Crippen LogP contribution in [0.5, 0.6) is 0 Å². The summed E-state index contributed by atoms with van der Waals surface area (Å²) in [7, 11) is 0. The molecule has 1 rings (SSSR count). The SMILES string of the molecule is CC(C)C(C)SCCNCc1ccccc1. The topological polar surface area (TPSA) is 12.0 Å². The van der Waals surface area contributed by atoms with Crippen LogP contribution in [-0.4, -0.2) is 17.5 Å². The van der Waals surface area contributed by atoms with Gasteiger partial charge < -0.3 is 5.32 Å². The first-order valence-corrected chi connectivity index (χ1v) is 7.11. The summed E-state index contributed by atoms with van der Waals surface area (Å²) >= 11 is 2.06. The lowest BCUT2D eigenvalue weighted by atomic mass is 10.2. The maximum absolute atomic E-state index is 3.48. The fourth-order valence-corrected chi connectivity index (χ4v) is 2.36. The molecular formula is C14H23NS. The Morgan fingerprint density at radius 3 is 2.44 bits per heavy atom. The summed E-state index contributed by atoms with van der Waals surface area (Å²) < 4.78 is 0. The normalized spacial score (nSPS) is 13.0. The molecule has 0 aliphatic carbocycles. The van der Waals surface area contributed by atoms with Crippen LogP contribution in [0.15, 0.2) is 30.3 Å². The predicted molar refractivity (Wildman–Crippen MR) is 74.9 cm³/mol. The number of hydrogen-bond donors (Lipinski definition) is 1. The third-order valence-corrected chi connectivity index (χ3v) is 4.28. The Bertz CT molecular complexity index is 271. The molecule has 0 saturated heterocycles. The molecule has 1 atom stereocenters. The molecule has 0 amide bonds. The van der Waals surface area contributed by atoms with Gasteiger partial charge in [0.15, 0.2) is 0 Å². The summed E-state index contributed by atoms with van der Waals surface area (Å²) in [5.74, 6) is 1.98. The summed E-state index contributed by atoms with van der Waals surface area (Å²) in [4.78, 5) is 0. The van der Waals surface area contributed by atoms with Gasteiger partial charge in [0.05, 0.1) is 0 Å². The standard InChI is InChI=1S/C14H23NS/c1-12(2)13(3)16-10-9-15-11-14-7-5-4-6-8-14/h4-8,12-13,15H,9-11H2,1-3H3. The third kappa shape index (κ3) is 5.57. The Hall–Kier alpha value is -0.470. The van der Waals surface area contributed by atoms with E-state index in [0.29, 0.717) is 0 Å². The molecule has 0 fully saturated rings. The van der Waals surface area contributed by atoms with Crippen LogP contribution in [0.3, 0.4) is 0 Å². The Morgan fingerprint density at radius 1 is 1.12 bits per heavy atom. The van der Waals surface area contributed by atoms with Crippen LogP contribution in [0.4, 0.5) is 0 Å². The van der Waals surface area contributed by atoms with Crippen LogP contribution in [0.2, 0.25) is 0 Å². The second kappa shape index (κ2) is 7.75. The zero-order chi connectivity index (χ0) is 11.8. The highest BCUT2D eigenvalue weighted by molar-refractivity contribution is 7.99. The van der Waals surface area contributed by atoms with Crippen molar-refractivity contribution in [1.82, 2.24) is 5.32 Å². The van der Waals surface area contributed by atoms with Crippen molar-refractivity contribution in [2.75, 3.05) is 12.3 Å². The van der Waals surface area contributed by atoms with E-state index in [1.165, 1.54) is 11.3 Å². The van der Waals surface area contributed by atoms with E-state index in [1.54, 1.807) is 0 Å². The van der Waals surface area contributed by atoms with Gasteiger partial charge in [-0.05, 0) is 11.5 Å². The molecule has 0 radical (unpaired) electrons. The van der Waals surface area contributed by atoms with Gasteiger partial charge in [-0.25, -0.2) is 0 Å². The molecule has 0 saturated carbocycles. The van der Waals surface area contributed by atoms with Crippen molar-refractivity contribution >= 4 is 11.8 Å². The number of nitrogens with one attached hydrogen (secondary N) is 1. The van der Waals surface area contributed by atoms with E-state index in [-0.39, 0.29) is 0 Å². The first kappa shape index (κ1) is 13.6. The Kier molecular flexibility index (Phi) is 6.58. The lowest BCUT2D eigenvalue weighted by Crippen LogP contribution is -2.18. The minimum Gasteiger partial charge on any atom is -0.312 e. The summed E-state index contributed by atoms with van der Waals surface area (Å²) in [5, 5.41) is 4.24. The van der Waals surface area contributed by atoms with E-state index < -0.39 is 0 Å². The number of rotatable bonds is 7. The smallest absolute Gasteiger partial charge is 0.0205 e. The fraction of sp³-hybridized carbons (Fsp3) is 0.571. The molecule has 16 heavy (non-hydrogen) atoms. The molecule has 1 aromatic rings. The summed E-state index contributed by atoms with van der Waals surface area (Å²) in [6.45, 7) is 8.96. The molecule has 1 nitrogen and oxygen atoms in total. The van der Waals surface area contributed by atoms with E-state index in [1.807, 2.05) is 0 Å². The van der Waals surface area contributed by atoms with Gasteiger partial charge in [0.1, 0.15) is 0 Å². The van der Waals surface area contributed by atoms with Gasteiger partial charge in [0, 0.05) is 24.1 Å². The van der Waals surface area contributed by atoms with Crippen LogP contribution in [0.25, 0.3) is 0 Å². The molecule has 1 unspecified atom stereocenters. The van der Waals surface area contributed by atoms with Crippen molar-refractivity contribution in [1.29, 1.82) is 0 Å². The maximum atomic E-state index is 3.48. The molecule has 0 bridgehead atoms. The van der Waals surface area contributed by atoms with Gasteiger partial charge >= 0.3 is 0 Å². The van der Waals surface area contributed by atoms with Gasteiger partial charge in [0.2, 0.25) is 0 Å². The van der Waals surface area contributed by atoms with Gasteiger partial charge in [-0.3, -0.25) is 0 Å². The molecule has 0 aliphatic heterocycles. The quantitative estimate of drug-likeness (QED) is 0.728. The van der Waals surface area contributed by atoms with Crippen molar-refractivity contribution in [3.05, 3.63) is 35.9 Å². The first-order chi connectivity index (χ1) is 7.70. The Morgan fingerprint density at radius 2 is 1.81 bits per heavy atom. The fourth-order valence-electron chi connectivity index (χ4n) is 1.34. The second-order valence-corrected chi connectivity index (χ2v) is 5.97. The van der Waals surface area contributed by atoms with E-state index in [2.05, 4.69) is 68.2 Å². The van der Waals surface area contributed by atoms with Gasteiger partial charge in [-0.2, -0.15) is 11.8 Å². The maximum Gasteiger partial charge on any atom is 0.0205 e. The molecular weight excluding hydrogens is 214 g/mol. The molecule has 2 heteroatoms. The van der Waals surface area contributed by atoms with E-state index in [9.17, 15) is 0 Å². The van der Waals surface area contributed by atoms with Crippen LogP contribution in [0.1, 0.15) is 26.3 Å². The van der Waals surface area contributed by atoms with Crippen LogP contribution in [-0.2, 0) is 6.54 Å². The second-order valence-electron chi connectivity index (χ2n) is 4.48. The minimum atomic E-state index is 0.763. The average Bonchev–Trinajstić information content (AvgIpc) is 2.29.